The molecule has 0 radical (unpaired) electrons. The second kappa shape index (κ2) is 10.1. The van der Waals surface area contributed by atoms with E-state index in [2.05, 4.69) is 0 Å². The lowest BCUT2D eigenvalue weighted by Gasteiger charge is -2.28. The van der Waals surface area contributed by atoms with Crippen LogP contribution in [0.25, 0.3) is 16.5 Å². The molecule has 1 atom stereocenters. The first kappa shape index (κ1) is 25.1. The third-order valence-corrected chi connectivity index (χ3v) is 7.13. The third kappa shape index (κ3) is 4.08. The quantitative estimate of drug-likeness (QED) is 0.183. The van der Waals surface area contributed by atoms with Gasteiger partial charge in [-0.15, -0.1) is 0 Å². The lowest BCUT2D eigenvalue weighted by molar-refractivity contribution is -0.132. The maximum Gasteiger partial charge on any atom is 0.300 e. The number of aliphatic hydroxyl groups excluding tert-OH is 1. The minimum atomic E-state index is -0.875. The Kier molecular flexibility index (Phi) is 6.64. The third-order valence-electron chi connectivity index (χ3n) is 7.13. The summed E-state index contributed by atoms with van der Waals surface area (Å²) in [7, 11) is 1.56. The van der Waals surface area contributed by atoms with E-state index in [1.165, 1.54) is 4.90 Å². The van der Waals surface area contributed by atoms with Crippen LogP contribution < -0.4 is 14.4 Å². The van der Waals surface area contributed by atoms with Crippen LogP contribution in [-0.2, 0) is 9.59 Å². The van der Waals surface area contributed by atoms with Crippen LogP contribution in [0.1, 0.15) is 35.2 Å². The van der Waals surface area contributed by atoms with Gasteiger partial charge in [-0.2, -0.15) is 0 Å². The van der Waals surface area contributed by atoms with E-state index in [0.29, 0.717) is 34.9 Å². The standard InChI is InChI=1S/C32H29NO5/c1-5-38-27-18-22(16-17-26(27)37-4)29-28(30(34)24-14-9-12-21-11-6-7-13-23(21)24)31(35)32(36)33(29)25-15-8-10-19(2)20(25)3/h6-18,29,34H,5H2,1-4H3/b30-28+. The first-order valence-corrected chi connectivity index (χ1v) is 12.5. The number of rotatable bonds is 6. The van der Waals surface area contributed by atoms with Gasteiger partial charge in [0.15, 0.2) is 11.5 Å². The van der Waals surface area contributed by atoms with Crippen molar-refractivity contribution >= 4 is 33.9 Å². The molecule has 1 fully saturated rings. The highest BCUT2D eigenvalue weighted by molar-refractivity contribution is 6.52. The largest absolute Gasteiger partial charge is 0.507 e. The van der Waals surface area contributed by atoms with Crippen LogP contribution in [0.3, 0.4) is 0 Å². The number of benzene rings is 4. The van der Waals surface area contributed by atoms with E-state index >= 15 is 0 Å². The summed E-state index contributed by atoms with van der Waals surface area (Å²) in [4.78, 5) is 28.8. The molecule has 1 unspecified atom stereocenters. The Balaban J connectivity index is 1.81. The summed E-state index contributed by atoms with van der Waals surface area (Å²) in [6.45, 7) is 6.16. The van der Waals surface area contributed by atoms with Gasteiger partial charge in [0.25, 0.3) is 11.7 Å². The van der Waals surface area contributed by atoms with Crippen molar-refractivity contribution in [1.82, 2.24) is 0 Å². The molecule has 38 heavy (non-hydrogen) atoms. The number of ketones is 1. The van der Waals surface area contributed by atoms with Crippen LogP contribution in [0.5, 0.6) is 11.5 Å². The van der Waals surface area contributed by atoms with Crippen molar-refractivity contribution in [1.29, 1.82) is 0 Å². The molecule has 1 N–H and O–H groups in total. The van der Waals surface area contributed by atoms with Crippen molar-refractivity contribution in [3.05, 3.63) is 107 Å². The SMILES string of the molecule is CCOc1cc(C2/C(=C(\O)c3cccc4ccccc34)C(=O)C(=O)N2c2cccc(C)c2C)ccc1OC. The fourth-order valence-electron chi connectivity index (χ4n) is 5.10. The Bertz CT molecular complexity index is 1600. The summed E-state index contributed by atoms with van der Waals surface area (Å²) in [6.07, 6.45) is 0. The molecule has 0 saturated carbocycles. The molecule has 0 aliphatic carbocycles. The van der Waals surface area contributed by atoms with E-state index in [9.17, 15) is 14.7 Å². The Morgan fingerprint density at radius 1 is 0.921 bits per heavy atom. The summed E-state index contributed by atoms with van der Waals surface area (Å²) in [5.41, 5.74) is 3.62. The van der Waals surface area contributed by atoms with Crippen molar-refractivity contribution in [3.63, 3.8) is 0 Å². The number of hydrogen-bond donors (Lipinski definition) is 1. The summed E-state index contributed by atoms with van der Waals surface area (Å²) in [5.74, 6) is -0.626. The number of hydrogen-bond acceptors (Lipinski definition) is 5. The number of methoxy groups -OCH3 is 1. The minimum absolute atomic E-state index is 0.0277. The highest BCUT2D eigenvalue weighted by Gasteiger charge is 2.47. The molecule has 4 aromatic rings. The van der Waals surface area contributed by atoms with Crippen molar-refractivity contribution in [2.75, 3.05) is 18.6 Å². The van der Waals surface area contributed by atoms with E-state index in [-0.39, 0.29) is 11.3 Å². The minimum Gasteiger partial charge on any atom is -0.507 e. The van der Waals surface area contributed by atoms with Gasteiger partial charge in [-0.1, -0.05) is 60.7 Å². The van der Waals surface area contributed by atoms with Crippen LogP contribution >= 0.6 is 0 Å². The van der Waals surface area contributed by atoms with Crippen LogP contribution in [0.2, 0.25) is 0 Å². The topological polar surface area (TPSA) is 76.1 Å². The highest BCUT2D eigenvalue weighted by Crippen LogP contribution is 2.45. The average molecular weight is 508 g/mol. The molecule has 6 heteroatoms. The maximum atomic E-state index is 13.7. The Labute approximate surface area is 221 Å². The summed E-state index contributed by atoms with van der Waals surface area (Å²) in [6, 6.07) is 23.2. The maximum absolute atomic E-state index is 13.7. The lowest BCUT2D eigenvalue weighted by atomic mass is 9.92. The first-order chi connectivity index (χ1) is 18.4. The fraction of sp³-hybridized carbons (Fsp3) is 0.188. The van der Waals surface area contributed by atoms with Crippen LogP contribution in [-0.4, -0.2) is 30.5 Å². The molecule has 1 heterocycles. The van der Waals surface area contributed by atoms with Gasteiger partial charge in [-0.3, -0.25) is 14.5 Å². The van der Waals surface area contributed by atoms with E-state index < -0.39 is 17.7 Å². The molecule has 0 aromatic heterocycles. The molecule has 1 aliphatic rings. The van der Waals surface area contributed by atoms with Crippen LogP contribution in [0, 0.1) is 13.8 Å². The smallest absolute Gasteiger partial charge is 0.300 e. The number of anilines is 1. The van der Waals surface area contributed by atoms with Crippen LogP contribution in [0.15, 0.2) is 84.4 Å². The number of amides is 1. The van der Waals surface area contributed by atoms with Crippen molar-refractivity contribution in [2.24, 2.45) is 0 Å². The molecule has 0 bridgehead atoms. The number of ether oxygens (including phenoxy) is 2. The van der Waals surface area contributed by atoms with Gasteiger partial charge in [0.1, 0.15) is 5.76 Å². The summed E-state index contributed by atoms with van der Waals surface area (Å²) >= 11 is 0. The van der Waals surface area contributed by atoms with Gasteiger partial charge in [0.05, 0.1) is 25.3 Å². The van der Waals surface area contributed by atoms with Gasteiger partial charge in [-0.05, 0) is 66.4 Å². The van der Waals surface area contributed by atoms with E-state index in [1.54, 1.807) is 31.4 Å². The zero-order chi connectivity index (χ0) is 27.0. The molecule has 5 rings (SSSR count). The van der Waals surface area contributed by atoms with E-state index in [4.69, 9.17) is 9.47 Å². The van der Waals surface area contributed by atoms with Crippen molar-refractivity contribution < 1.29 is 24.2 Å². The Hall–Kier alpha value is -4.58. The van der Waals surface area contributed by atoms with Crippen molar-refractivity contribution in [2.45, 2.75) is 26.8 Å². The average Bonchev–Trinajstić information content (AvgIpc) is 3.19. The van der Waals surface area contributed by atoms with Crippen molar-refractivity contribution in [3.8, 4) is 11.5 Å². The Morgan fingerprint density at radius 3 is 2.42 bits per heavy atom. The molecule has 6 nitrogen and oxygen atoms in total. The molecule has 0 spiro atoms. The molecule has 1 saturated heterocycles. The monoisotopic (exact) mass is 507 g/mol. The molecular weight excluding hydrogens is 478 g/mol. The van der Waals surface area contributed by atoms with Gasteiger partial charge < -0.3 is 14.6 Å². The zero-order valence-corrected chi connectivity index (χ0v) is 21.8. The molecule has 192 valence electrons. The number of carbonyl (C=O) groups excluding carboxylic acids is 2. The molecule has 4 aromatic carbocycles. The van der Waals surface area contributed by atoms with Gasteiger partial charge >= 0.3 is 0 Å². The number of nitrogens with zero attached hydrogens (tertiary/aromatic N) is 1. The van der Waals surface area contributed by atoms with E-state index in [0.717, 1.165) is 21.9 Å². The fourth-order valence-corrected chi connectivity index (χ4v) is 5.10. The predicted octanol–water partition coefficient (Wildman–Crippen LogP) is 6.49. The first-order valence-electron chi connectivity index (χ1n) is 12.5. The number of aryl methyl sites for hydroxylation is 1. The predicted molar refractivity (Wildman–Crippen MR) is 149 cm³/mol. The van der Waals surface area contributed by atoms with E-state index in [1.807, 2.05) is 75.4 Å². The lowest BCUT2D eigenvalue weighted by Crippen LogP contribution is -2.30. The second-order valence-electron chi connectivity index (χ2n) is 9.26. The normalized spacial score (nSPS) is 16.7. The van der Waals surface area contributed by atoms with Gasteiger partial charge in [0, 0.05) is 11.3 Å². The van der Waals surface area contributed by atoms with Gasteiger partial charge in [-0.25, -0.2) is 0 Å². The number of carbonyl (C=O) groups is 2. The number of Topliss-reactive ketones (excluding diaryl/α,β-unsaturated/α-hetero) is 1. The molecular formula is C32H29NO5. The Morgan fingerprint density at radius 2 is 1.66 bits per heavy atom. The van der Waals surface area contributed by atoms with Gasteiger partial charge in [0.2, 0.25) is 0 Å². The van der Waals surface area contributed by atoms with Crippen LogP contribution in [0.4, 0.5) is 5.69 Å². The highest BCUT2D eigenvalue weighted by atomic mass is 16.5. The molecule has 1 amide bonds. The zero-order valence-electron chi connectivity index (χ0n) is 21.8. The summed E-state index contributed by atoms with van der Waals surface area (Å²) < 4.78 is 11.3. The number of aliphatic hydroxyl groups is 1. The summed E-state index contributed by atoms with van der Waals surface area (Å²) in [5, 5.41) is 13.4. The number of fused-ring (bicyclic) bond motifs is 1. The second-order valence-corrected chi connectivity index (χ2v) is 9.26. The molecule has 1 aliphatic heterocycles.